The van der Waals surface area contributed by atoms with Gasteiger partial charge in [-0.2, -0.15) is 0 Å². The van der Waals surface area contributed by atoms with Gasteiger partial charge in [-0.1, -0.05) is 11.6 Å². The van der Waals surface area contributed by atoms with Gasteiger partial charge >= 0.3 is 0 Å². The van der Waals surface area contributed by atoms with E-state index in [1.54, 1.807) is 17.5 Å². The lowest BCUT2D eigenvalue weighted by atomic mass is 10.3. The minimum absolute atomic E-state index is 0.123. The molecule has 0 bridgehead atoms. The van der Waals surface area contributed by atoms with E-state index in [1.807, 2.05) is 0 Å². The van der Waals surface area contributed by atoms with Crippen LogP contribution in [-0.4, -0.2) is 21.7 Å². The number of nitrogens with one attached hydrogen (secondary N) is 1. The van der Waals surface area contributed by atoms with Crippen LogP contribution < -0.4 is 5.32 Å². The molecule has 18 heavy (non-hydrogen) atoms. The van der Waals surface area contributed by atoms with Gasteiger partial charge in [-0.3, -0.25) is 14.9 Å². The molecule has 2 aromatic rings. The van der Waals surface area contributed by atoms with Gasteiger partial charge in [0.1, 0.15) is 10.8 Å². The highest BCUT2D eigenvalue weighted by atomic mass is 35.5. The Morgan fingerprint density at radius 1 is 1.44 bits per heavy atom. The van der Waals surface area contributed by atoms with Crippen LogP contribution in [0.5, 0.6) is 0 Å². The first kappa shape index (κ1) is 12.7. The lowest BCUT2D eigenvalue weighted by Gasteiger charge is -2.02. The monoisotopic (exact) mass is 281 g/mol. The molecular formula is C11H8ClN3O2S. The highest BCUT2D eigenvalue weighted by Crippen LogP contribution is 2.18. The number of anilines is 1. The van der Waals surface area contributed by atoms with E-state index in [0.717, 1.165) is 0 Å². The number of amides is 1. The highest BCUT2D eigenvalue weighted by Gasteiger charge is 2.13. The molecule has 0 saturated carbocycles. The van der Waals surface area contributed by atoms with Crippen LogP contribution in [-0.2, 0) is 0 Å². The molecule has 2 rings (SSSR count). The van der Waals surface area contributed by atoms with Crippen LogP contribution in [0.25, 0.3) is 0 Å². The van der Waals surface area contributed by atoms with Gasteiger partial charge in [0, 0.05) is 18.5 Å². The van der Waals surface area contributed by atoms with E-state index in [4.69, 9.17) is 11.6 Å². The molecule has 7 heteroatoms. The predicted octanol–water partition coefficient (Wildman–Crippen LogP) is 2.65. The fourth-order valence-corrected chi connectivity index (χ4v) is 2.16. The molecule has 1 N–H and O–H groups in total. The highest BCUT2D eigenvalue weighted by molar-refractivity contribution is 7.14. The summed E-state index contributed by atoms with van der Waals surface area (Å²) in [6.07, 6.45) is 1.50. The Bertz CT molecular complexity index is 612. The first-order valence-corrected chi connectivity index (χ1v) is 6.22. The number of ketones is 1. The Hall–Kier alpha value is -1.79. The van der Waals surface area contributed by atoms with E-state index in [1.165, 1.54) is 24.5 Å². The summed E-state index contributed by atoms with van der Waals surface area (Å²) >= 11 is 6.98. The summed E-state index contributed by atoms with van der Waals surface area (Å²) in [6, 6.07) is 3.17. The molecule has 0 atom stereocenters. The van der Waals surface area contributed by atoms with Gasteiger partial charge in [0.2, 0.25) is 0 Å². The summed E-state index contributed by atoms with van der Waals surface area (Å²) < 4.78 is 0. The second-order valence-electron chi connectivity index (χ2n) is 3.39. The Morgan fingerprint density at radius 3 is 2.83 bits per heavy atom. The standard InChI is InChI=1S/C11H8ClN3O2S/c1-6(16)8-5-18-11(14-8)15-10(17)7-3-2-4-13-9(7)12/h2-5H,1H3,(H,14,15,17). The maximum atomic E-state index is 11.9. The molecule has 2 aromatic heterocycles. The second kappa shape index (κ2) is 5.24. The molecule has 0 spiro atoms. The van der Waals surface area contributed by atoms with Gasteiger partial charge in [0.05, 0.1) is 5.56 Å². The first-order valence-electron chi connectivity index (χ1n) is 4.96. The second-order valence-corrected chi connectivity index (χ2v) is 4.61. The zero-order chi connectivity index (χ0) is 13.1. The molecule has 0 aliphatic rings. The molecule has 0 saturated heterocycles. The van der Waals surface area contributed by atoms with Crippen LogP contribution in [0.1, 0.15) is 27.8 Å². The molecule has 1 amide bonds. The van der Waals surface area contributed by atoms with Gasteiger partial charge in [-0.25, -0.2) is 9.97 Å². The number of hydrogen-bond donors (Lipinski definition) is 1. The van der Waals surface area contributed by atoms with E-state index in [2.05, 4.69) is 15.3 Å². The van der Waals surface area contributed by atoms with Crippen LogP contribution in [0, 0.1) is 0 Å². The third kappa shape index (κ3) is 2.72. The molecular weight excluding hydrogens is 274 g/mol. The summed E-state index contributed by atoms with van der Waals surface area (Å²) in [7, 11) is 0. The van der Waals surface area contributed by atoms with Crippen molar-refractivity contribution in [3.63, 3.8) is 0 Å². The number of carbonyl (C=O) groups is 2. The molecule has 0 fully saturated rings. The average Bonchev–Trinajstić information content (AvgIpc) is 2.78. The third-order valence-corrected chi connectivity index (χ3v) is 3.15. The fraction of sp³-hybridized carbons (Fsp3) is 0.0909. The fourth-order valence-electron chi connectivity index (χ4n) is 1.21. The zero-order valence-corrected chi connectivity index (χ0v) is 10.9. The summed E-state index contributed by atoms with van der Waals surface area (Å²) in [5.74, 6) is -0.552. The van der Waals surface area contributed by atoms with Crippen molar-refractivity contribution < 1.29 is 9.59 Å². The summed E-state index contributed by atoms with van der Waals surface area (Å²) in [4.78, 5) is 30.7. The number of carbonyl (C=O) groups excluding carboxylic acids is 2. The van der Waals surface area contributed by atoms with Crippen LogP contribution in [0.3, 0.4) is 0 Å². The number of halogens is 1. The van der Waals surface area contributed by atoms with Crippen molar-refractivity contribution in [2.45, 2.75) is 6.92 Å². The van der Waals surface area contributed by atoms with Crippen LogP contribution in [0.15, 0.2) is 23.7 Å². The van der Waals surface area contributed by atoms with E-state index in [-0.39, 0.29) is 16.5 Å². The van der Waals surface area contributed by atoms with Gasteiger partial charge in [-0.05, 0) is 12.1 Å². The maximum Gasteiger partial charge on any atom is 0.260 e. The van der Waals surface area contributed by atoms with Crippen LogP contribution >= 0.6 is 22.9 Å². The normalized spacial score (nSPS) is 10.1. The number of Topliss-reactive ketones (excluding diaryl/α,β-unsaturated/α-hetero) is 1. The van der Waals surface area contributed by atoms with Crippen molar-refractivity contribution >= 4 is 39.8 Å². The number of nitrogens with zero attached hydrogens (tertiary/aromatic N) is 2. The molecule has 0 aliphatic carbocycles. The Morgan fingerprint density at radius 2 is 2.22 bits per heavy atom. The number of pyridine rings is 1. The summed E-state index contributed by atoms with van der Waals surface area (Å²) in [5, 5.41) is 4.63. The van der Waals surface area contributed by atoms with Gasteiger partial charge in [-0.15, -0.1) is 11.3 Å². The van der Waals surface area contributed by atoms with E-state index in [9.17, 15) is 9.59 Å². The zero-order valence-electron chi connectivity index (χ0n) is 9.31. The van der Waals surface area contributed by atoms with Crippen molar-refractivity contribution in [1.29, 1.82) is 0 Å². The number of hydrogen-bond acceptors (Lipinski definition) is 5. The molecule has 0 aromatic carbocycles. The lowest BCUT2D eigenvalue weighted by molar-refractivity contribution is 0.100. The summed E-state index contributed by atoms with van der Waals surface area (Å²) in [6.45, 7) is 1.42. The van der Waals surface area contributed by atoms with Gasteiger partial charge in [0.15, 0.2) is 10.9 Å². The molecule has 0 aliphatic heterocycles. The van der Waals surface area contributed by atoms with E-state index < -0.39 is 5.91 Å². The largest absolute Gasteiger partial charge is 0.298 e. The van der Waals surface area contributed by atoms with Gasteiger partial charge < -0.3 is 0 Å². The average molecular weight is 282 g/mol. The van der Waals surface area contributed by atoms with Crippen molar-refractivity contribution in [3.8, 4) is 0 Å². The molecule has 92 valence electrons. The summed E-state index contributed by atoms with van der Waals surface area (Å²) in [5.41, 5.74) is 0.589. The minimum atomic E-state index is -0.405. The molecule has 2 heterocycles. The Labute approximate surface area is 112 Å². The van der Waals surface area contributed by atoms with Crippen molar-refractivity contribution in [3.05, 3.63) is 40.1 Å². The predicted molar refractivity (Wildman–Crippen MR) is 69.3 cm³/mol. The molecule has 5 nitrogen and oxygen atoms in total. The van der Waals surface area contributed by atoms with Crippen molar-refractivity contribution in [2.75, 3.05) is 5.32 Å². The lowest BCUT2D eigenvalue weighted by Crippen LogP contribution is -2.12. The Kier molecular flexibility index (Phi) is 3.69. The topological polar surface area (TPSA) is 72.0 Å². The molecule has 0 radical (unpaired) electrons. The maximum absolute atomic E-state index is 11.9. The number of rotatable bonds is 3. The third-order valence-electron chi connectivity index (χ3n) is 2.09. The minimum Gasteiger partial charge on any atom is -0.298 e. The number of thiazole rings is 1. The van der Waals surface area contributed by atoms with Crippen LogP contribution in [0.2, 0.25) is 5.15 Å². The van der Waals surface area contributed by atoms with E-state index in [0.29, 0.717) is 10.8 Å². The van der Waals surface area contributed by atoms with Crippen molar-refractivity contribution in [1.82, 2.24) is 9.97 Å². The SMILES string of the molecule is CC(=O)c1csc(NC(=O)c2cccnc2Cl)n1. The number of aromatic nitrogens is 2. The van der Waals surface area contributed by atoms with Crippen LogP contribution in [0.4, 0.5) is 5.13 Å². The van der Waals surface area contributed by atoms with Crippen molar-refractivity contribution in [2.24, 2.45) is 0 Å². The quantitative estimate of drug-likeness (QED) is 0.693. The van der Waals surface area contributed by atoms with E-state index >= 15 is 0 Å². The van der Waals surface area contributed by atoms with Gasteiger partial charge in [0.25, 0.3) is 5.91 Å². The Balaban J connectivity index is 2.16. The smallest absolute Gasteiger partial charge is 0.260 e. The first-order chi connectivity index (χ1) is 8.58. The molecule has 0 unspecified atom stereocenters.